The van der Waals surface area contributed by atoms with Gasteiger partial charge in [-0.25, -0.2) is 0 Å². The fourth-order valence-electron chi connectivity index (χ4n) is 2.33. The summed E-state index contributed by atoms with van der Waals surface area (Å²) in [7, 11) is 0. The van der Waals surface area contributed by atoms with E-state index in [0.29, 0.717) is 13.2 Å². The smallest absolute Gasteiger partial charge is 0.139 e. The summed E-state index contributed by atoms with van der Waals surface area (Å²) in [6.45, 7) is 8.40. The Morgan fingerprint density at radius 2 is 2.14 bits per heavy atom. The van der Waals surface area contributed by atoms with Crippen LogP contribution in [0.1, 0.15) is 26.2 Å². The summed E-state index contributed by atoms with van der Waals surface area (Å²) in [4.78, 5) is 6.65. The number of unbranched alkanes of at least 4 members (excludes halogenated alkanes) is 1. The van der Waals surface area contributed by atoms with E-state index in [1.165, 1.54) is 0 Å². The highest BCUT2D eigenvalue weighted by atomic mass is 16.5. The number of aromatic nitrogens is 1. The Balaban J connectivity index is 1.77. The molecule has 0 aromatic carbocycles. The summed E-state index contributed by atoms with van der Waals surface area (Å²) in [6.07, 6.45) is 7.12. The van der Waals surface area contributed by atoms with Gasteiger partial charge in [-0.2, -0.15) is 0 Å². The van der Waals surface area contributed by atoms with Crippen molar-refractivity contribution < 1.29 is 9.47 Å². The van der Waals surface area contributed by atoms with Crippen LogP contribution < -0.4 is 15.0 Å². The van der Waals surface area contributed by atoms with Gasteiger partial charge in [-0.15, -0.1) is 0 Å². The molecule has 2 heterocycles. The molecule has 0 unspecified atom stereocenters. The van der Waals surface area contributed by atoms with Gasteiger partial charge in [-0.3, -0.25) is 4.98 Å². The highest BCUT2D eigenvalue weighted by Crippen LogP contribution is 2.20. The minimum Gasteiger partial charge on any atom is -0.489 e. The SMILES string of the molecule is CCCCOCCOc1cncc(N2CCCNCC2)c1. The maximum absolute atomic E-state index is 5.72. The van der Waals surface area contributed by atoms with E-state index in [4.69, 9.17) is 9.47 Å². The number of hydrogen-bond acceptors (Lipinski definition) is 5. The summed E-state index contributed by atoms with van der Waals surface area (Å²) in [5.41, 5.74) is 1.14. The van der Waals surface area contributed by atoms with E-state index in [1.54, 1.807) is 6.20 Å². The minimum atomic E-state index is 0.580. The zero-order valence-electron chi connectivity index (χ0n) is 13.0. The molecule has 21 heavy (non-hydrogen) atoms. The third-order valence-electron chi connectivity index (χ3n) is 3.54. The van der Waals surface area contributed by atoms with E-state index in [9.17, 15) is 0 Å². The van der Waals surface area contributed by atoms with Crippen LogP contribution in [0.5, 0.6) is 5.75 Å². The molecular formula is C16H27N3O2. The molecule has 118 valence electrons. The third-order valence-corrected chi connectivity index (χ3v) is 3.54. The standard InChI is InChI=1S/C16H27N3O2/c1-2-3-9-20-10-11-21-16-12-15(13-18-14-16)19-7-4-5-17-6-8-19/h12-14,17H,2-11H2,1H3. The minimum absolute atomic E-state index is 0.580. The third kappa shape index (κ3) is 5.89. The van der Waals surface area contributed by atoms with Gasteiger partial charge >= 0.3 is 0 Å². The second kappa shape index (κ2) is 9.58. The van der Waals surface area contributed by atoms with Crippen LogP contribution in [-0.4, -0.2) is 51.0 Å². The van der Waals surface area contributed by atoms with E-state index in [-0.39, 0.29) is 0 Å². The normalized spacial score (nSPS) is 15.8. The number of nitrogens with zero attached hydrogens (tertiary/aromatic N) is 2. The summed E-state index contributed by atoms with van der Waals surface area (Å²) in [6, 6.07) is 2.07. The molecular weight excluding hydrogens is 266 g/mol. The number of rotatable bonds is 8. The molecule has 0 bridgehead atoms. The second-order valence-electron chi connectivity index (χ2n) is 5.28. The van der Waals surface area contributed by atoms with Crippen molar-refractivity contribution in [3.05, 3.63) is 18.5 Å². The summed E-state index contributed by atoms with van der Waals surface area (Å²) in [5.74, 6) is 0.823. The predicted molar refractivity (Wildman–Crippen MR) is 85.2 cm³/mol. The first-order valence-corrected chi connectivity index (χ1v) is 8.01. The lowest BCUT2D eigenvalue weighted by Crippen LogP contribution is -2.27. The van der Waals surface area contributed by atoms with E-state index in [0.717, 1.165) is 63.5 Å². The van der Waals surface area contributed by atoms with Crippen molar-refractivity contribution in [1.82, 2.24) is 10.3 Å². The molecule has 2 rings (SSSR count). The van der Waals surface area contributed by atoms with Crippen molar-refractivity contribution in [1.29, 1.82) is 0 Å². The van der Waals surface area contributed by atoms with Gasteiger partial charge in [0.15, 0.2) is 0 Å². The molecule has 1 saturated heterocycles. The maximum atomic E-state index is 5.72. The largest absolute Gasteiger partial charge is 0.489 e. The van der Waals surface area contributed by atoms with E-state index in [2.05, 4.69) is 28.2 Å². The van der Waals surface area contributed by atoms with Crippen LogP contribution in [0.3, 0.4) is 0 Å². The predicted octanol–water partition coefficient (Wildman–Crippen LogP) is 2.08. The van der Waals surface area contributed by atoms with Crippen molar-refractivity contribution in [2.24, 2.45) is 0 Å². The summed E-state index contributed by atoms with van der Waals surface area (Å²) in [5, 5.41) is 3.41. The average molecular weight is 293 g/mol. The Bertz CT molecular complexity index is 393. The number of anilines is 1. The first kappa shape index (κ1) is 16.0. The van der Waals surface area contributed by atoms with Gasteiger partial charge in [-0.05, 0) is 19.4 Å². The van der Waals surface area contributed by atoms with E-state index >= 15 is 0 Å². The van der Waals surface area contributed by atoms with Crippen LogP contribution in [0.4, 0.5) is 5.69 Å². The van der Waals surface area contributed by atoms with Crippen molar-refractivity contribution in [3.8, 4) is 5.75 Å². The molecule has 0 radical (unpaired) electrons. The molecule has 0 atom stereocenters. The van der Waals surface area contributed by atoms with Crippen LogP contribution in [0.25, 0.3) is 0 Å². The quantitative estimate of drug-likeness (QED) is 0.744. The molecule has 5 nitrogen and oxygen atoms in total. The lowest BCUT2D eigenvalue weighted by atomic mass is 10.3. The van der Waals surface area contributed by atoms with Crippen molar-refractivity contribution in [2.45, 2.75) is 26.2 Å². The van der Waals surface area contributed by atoms with Gasteiger partial charge in [0.2, 0.25) is 0 Å². The highest BCUT2D eigenvalue weighted by Gasteiger charge is 2.10. The van der Waals surface area contributed by atoms with Gasteiger partial charge in [0.25, 0.3) is 0 Å². The number of hydrogen-bond donors (Lipinski definition) is 1. The van der Waals surface area contributed by atoms with Crippen LogP contribution in [0, 0.1) is 0 Å². The van der Waals surface area contributed by atoms with Gasteiger partial charge in [0.1, 0.15) is 12.4 Å². The molecule has 1 aliphatic rings. The topological polar surface area (TPSA) is 46.6 Å². The highest BCUT2D eigenvalue weighted by molar-refractivity contribution is 5.48. The maximum Gasteiger partial charge on any atom is 0.139 e. The van der Waals surface area contributed by atoms with Gasteiger partial charge < -0.3 is 19.7 Å². The number of pyridine rings is 1. The summed E-state index contributed by atoms with van der Waals surface area (Å²) >= 11 is 0. The Hall–Kier alpha value is -1.33. The summed E-state index contributed by atoms with van der Waals surface area (Å²) < 4.78 is 11.2. The fraction of sp³-hybridized carbons (Fsp3) is 0.688. The first-order valence-electron chi connectivity index (χ1n) is 8.01. The van der Waals surface area contributed by atoms with E-state index in [1.807, 2.05) is 6.20 Å². The first-order chi connectivity index (χ1) is 10.4. The van der Waals surface area contributed by atoms with Gasteiger partial charge in [0, 0.05) is 32.3 Å². The van der Waals surface area contributed by atoms with E-state index < -0.39 is 0 Å². The van der Waals surface area contributed by atoms with Crippen LogP contribution in [-0.2, 0) is 4.74 Å². The lowest BCUT2D eigenvalue weighted by Gasteiger charge is -2.22. The molecule has 1 aromatic heterocycles. The zero-order chi connectivity index (χ0) is 14.8. The molecule has 0 spiro atoms. The molecule has 0 saturated carbocycles. The lowest BCUT2D eigenvalue weighted by molar-refractivity contribution is 0.0979. The molecule has 1 aromatic rings. The zero-order valence-corrected chi connectivity index (χ0v) is 13.0. The molecule has 0 aliphatic carbocycles. The monoisotopic (exact) mass is 293 g/mol. The van der Waals surface area contributed by atoms with Crippen LogP contribution in [0.15, 0.2) is 18.5 Å². The Morgan fingerprint density at radius 1 is 1.19 bits per heavy atom. The Kier molecular flexibility index (Phi) is 7.32. The van der Waals surface area contributed by atoms with Crippen LogP contribution >= 0.6 is 0 Å². The molecule has 1 fully saturated rings. The molecule has 5 heteroatoms. The Morgan fingerprint density at radius 3 is 3.05 bits per heavy atom. The Labute approximate surface area is 127 Å². The average Bonchev–Trinajstić information content (AvgIpc) is 2.80. The van der Waals surface area contributed by atoms with Crippen LogP contribution in [0.2, 0.25) is 0 Å². The molecule has 0 amide bonds. The van der Waals surface area contributed by atoms with Crippen molar-refractivity contribution >= 4 is 5.69 Å². The molecule has 1 aliphatic heterocycles. The van der Waals surface area contributed by atoms with Crippen molar-refractivity contribution in [3.63, 3.8) is 0 Å². The number of ether oxygens (including phenoxy) is 2. The second-order valence-corrected chi connectivity index (χ2v) is 5.28. The van der Waals surface area contributed by atoms with Gasteiger partial charge in [-0.1, -0.05) is 13.3 Å². The van der Waals surface area contributed by atoms with Gasteiger partial charge in [0.05, 0.1) is 24.7 Å². The molecule has 1 N–H and O–H groups in total. The fourth-order valence-corrected chi connectivity index (χ4v) is 2.33. The number of nitrogens with one attached hydrogen (secondary N) is 1. The van der Waals surface area contributed by atoms with Crippen molar-refractivity contribution in [2.75, 3.05) is 50.9 Å².